The number of rotatable bonds is 4. The molecule has 1 aromatic carbocycles. The Morgan fingerprint density at radius 3 is 2.60 bits per heavy atom. The molecule has 0 bridgehead atoms. The van der Waals surface area contributed by atoms with Crippen LogP contribution < -0.4 is 5.73 Å². The van der Waals surface area contributed by atoms with E-state index in [1.807, 2.05) is 18.3 Å². The van der Waals surface area contributed by atoms with Crippen LogP contribution in [-0.2, 0) is 6.54 Å². The number of nitrogens with zero attached hydrogens (tertiary/aromatic N) is 5. The summed E-state index contributed by atoms with van der Waals surface area (Å²) in [4.78, 5) is 15.6. The molecule has 0 radical (unpaired) electrons. The molecular formula is C28H30N6O. The third kappa shape index (κ3) is 5.35. The van der Waals surface area contributed by atoms with Crippen LogP contribution in [0.5, 0.6) is 0 Å². The molecule has 3 N–H and O–H groups in total. The van der Waals surface area contributed by atoms with E-state index in [1.54, 1.807) is 20.0 Å². The van der Waals surface area contributed by atoms with E-state index in [-0.39, 0.29) is 5.95 Å². The van der Waals surface area contributed by atoms with Crippen LogP contribution in [0.3, 0.4) is 0 Å². The van der Waals surface area contributed by atoms with Crippen LogP contribution in [0, 0.1) is 11.8 Å². The van der Waals surface area contributed by atoms with Gasteiger partial charge in [0.2, 0.25) is 5.95 Å². The number of pyridine rings is 1. The molecule has 1 fully saturated rings. The van der Waals surface area contributed by atoms with Gasteiger partial charge in [0.1, 0.15) is 17.1 Å². The number of aliphatic hydroxyl groups is 1. The topological polar surface area (TPSA) is 93.1 Å². The summed E-state index contributed by atoms with van der Waals surface area (Å²) in [6.07, 6.45) is 7.90. The van der Waals surface area contributed by atoms with Gasteiger partial charge in [-0.15, -0.1) is 0 Å². The second kappa shape index (κ2) is 9.49. The fourth-order valence-corrected chi connectivity index (χ4v) is 4.69. The SMILES string of the molecule is CC(C)(O)C#Cc1cc2c(cn1)c(C1CCN(Cc3ccccc3)CC1)cn2-c1ccnc(N)n1. The van der Waals surface area contributed by atoms with Gasteiger partial charge in [0.15, 0.2) is 0 Å². The lowest BCUT2D eigenvalue weighted by Gasteiger charge is -2.32. The highest BCUT2D eigenvalue weighted by molar-refractivity contribution is 5.86. The zero-order chi connectivity index (χ0) is 24.4. The first-order valence-electron chi connectivity index (χ1n) is 12.0. The quantitative estimate of drug-likeness (QED) is 0.443. The number of likely N-dealkylation sites (tertiary alicyclic amines) is 1. The maximum atomic E-state index is 10.0. The van der Waals surface area contributed by atoms with Crippen molar-refractivity contribution in [3.63, 3.8) is 0 Å². The molecular weight excluding hydrogens is 436 g/mol. The van der Waals surface area contributed by atoms with Gasteiger partial charge in [0.25, 0.3) is 0 Å². The van der Waals surface area contributed by atoms with Crippen molar-refractivity contribution in [2.45, 2.75) is 44.8 Å². The molecule has 1 aliphatic rings. The smallest absolute Gasteiger partial charge is 0.221 e. The summed E-state index contributed by atoms with van der Waals surface area (Å²) < 4.78 is 2.05. The fourth-order valence-electron chi connectivity index (χ4n) is 4.69. The maximum Gasteiger partial charge on any atom is 0.221 e. The van der Waals surface area contributed by atoms with Crippen molar-refractivity contribution in [3.8, 4) is 17.7 Å². The van der Waals surface area contributed by atoms with Crippen LogP contribution in [-0.4, -0.2) is 48.2 Å². The Hall–Kier alpha value is -3.73. The summed E-state index contributed by atoms with van der Waals surface area (Å²) in [5, 5.41) is 11.1. The van der Waals surface area contributed by atoms with Crippen LogP contribution in [0.4, 0.5) is 5.95 Å². The van der Waals surface area contributed by atoms with E-state index in [0.29, 0.717) is 17.4 Å². The van der Waals surface area contributed by atoms with Crippen molar-refractivity contribution in [2.75, 3.05) is 18.8 Å². The van der Waals surface area contributed by atoms with E-state index in [0.717, 1.165) is 43.4 Å². The van der Waals surface area contributed by atoms with Crippen LogP contribution in [0.25, 0.3) is 16.7 Å². The molecule has 7 heteroatoms. The molecule has 0 aliphatic carbocycles. The third-order valence-electron chi connectivity index (χ3n) is 6.40. The van der Waals surface area contributed by atoms with E-state index < -0.39 is 5.60 Å². The largest absolute Gasteiger partial charge is 0.378 e. The Bertz CT molecular complexity index is 1390. The Morgan fingerprint density at radius 1 is 1.11 bits per heavy atom. The fraction of sp³-hybridized carbons (Fsp3) is 0.321. The summed E-state index contributed by atoms with van der Waals surface area (Å²) >= 11 is 0. The number of nitrogen functional groups attached to an aromatic ring is 1. The highest BCUT2D eigenvalue weighted by atomic mass is 16.3. The molecule has 4 heterocycles. The molecule has 4 aromatic rings. The van der Waals surface area contributed by atoms with Gasteiger partial charge in [0, 0.05) is 30.5 Å². The monoisotopic (exact) mass is 466 g/mol. The van der Waals surface area contributed by atoms with Crippen LogP contribution >= 0.6 is 0 Å². The number of hydrogen-bond acceptors (Lipinski definition) is 6. The van der Waals surface area contributed by atoms with E-state index in [2.05, 4.69) is 72.8 Å². The predicted molar refractivity (Wildman–Crippen MR) is 138 cm³/mol. The molecule has 0 amide bonds. The lowest BCUT2D eigenvalue weighted by Crippen LogP contribution is -2.32. The normalized spacial score (nSPS) is 15.2. The van der Waals surface area contributed by atoms with Crippen molar-refractivity contribution in [1.29, 1.82) is 0 Å². The van der Waals surface area contributed by atoms with Crippen molar-refractivity contribution in [2.24, 2.45) is 0 Å². The van der Waals surface area contributed by atoms with Crippen molar-refractivity contribution in [1.82, 2.24) is 24.4 Å². The van der Waals surface area contributed by atoms with Crippen LogP contribution in [0.1, 0.15) is 49.4 Å². The standard InChI is InChI=1S/C28H30N6O/c1-28(2,35)12-8-22-16-25-23(17-31-22)24(19-34(25)26-9-13-30-27(29)32-26)21-10-14-33(15-11-21)18-20-6-4-3-5-7-20/h3-7,9,13,16-17,19,21,35H,10-11,14-15,18H2,1-2H3,(H2,29,30,32). The molecule has 178 valence electrons. The summed E-state index contributed by atoms with van der Waals surface area (Å²) in [5.41, 5.74) is 9.00. The second-order valence-electron chi connectivity index (χ2n) is 9.66. The average molecular weight is 467 g/mol. The van der Waals surface area contributed by atoms with E-state index in [4.69, 9.17) is 5.73 Å². The number of benzene rings is 1. The van der Waals surface area contributed by atoms with Gasteiger partial charge in [-0.25, -0.2) is 9.97 Å². The first kappa shape index (κ1) is 23.0. The molecule has 0 spiro atoms. The predicted octanol–water partition coefficient (Wildman–Crippen LogP) is 3.90. The first-order chi connectivity index (χ1) is 16.9. The molecule has 0 atom stereocenters. The first-order valence-corrected chi connectivity index (χ1v) is 12.0. The summed E-state index contributed by atoms with van der Waals surface area (Å²) in [6.45, 7) is 6.41. The van der Waals surface area contributed by atoms with Gasteiger partial charge in [-0.2, -0.15) is 4.98 Å². The van der Waals surface area contributed by atoms with E-state index >= 15 is 0 Å². The van der Waals surface area contributed by atoms with E-state index in [9.17, 15) is 5.11 Å². The Labute approximate surface area is 205 Å². The third-order valence-corrected chi connectivity index (χ3v) is 6.40. The molecule has 0 unspecified atom stereocenters. The van der Waals surface area contributed by atoms with Gasteiger partial charge < -0.3 is 15.4 Å². The maximum absolute atomic E-state index is 10.0. The van der Waals surface area contributed by atoms with Gasteiger partial charge in [-0.3, -0.25) is 4.90 Å². The average Bonchev–Trinajstić information content (AvgIpc) is 3.22. The van der Waals surface area contributed by atoms with Crippen LogP contribution in [0.2, 0.25) is 0 Å². The lowest BCUT2D eigenvalue weighted by molar-refractivity contribution is 0.143. The van der Waals surface area contributed by atoms with Crippen molar-refractivity contribution in [3.05, 3.63) is 77.9 Å². The van der Waals surface area contributed by atoms with Crippen molar-refractivity contribution >= 4 is 16.9 Å². The van der Waals surface area contributed by atoms with Gasteiger partial charge >= 0.3 is 0 Å². The van der Waals surface area contributed by atoms with Crippen molar-refractivity contribution < 1.29 is 5.11 Å². The summed E-state index contributed by atoms with van der Waals surface area (Å²) in [5.74, 6) is 7.22. The minimum Gasteiger partial charge on any atom is -0.378 e. The van der Waals surface area contributed by atoms with Gasteiger partial charge in [0.05, 0.1) is 5.52 Å². The number of hydrogen-bond donors (Lipinski definition) is 2. The molecule has 35 heavy (non-hydrogen) atoms. The lowest BCUT2D eigenvalue weighted by atomic mass is 9.89. The Morgan fingerprint density at radius 2 is 1.89 bits per heavy atom. The minimum atomic E-state index is -1.08. The van der Waals surface area contributed by atoms with Crippen LogP contribution in [0.15, 0.2) is 61.1 Å². The minimum absolute atomic E-state index is 0.233. The molecule has 0 saturated carbocycles. The number of fused-ring (bicyclic) bond motifs is 1. The number of aromatic nitrogens is 4. The molecule has 1 saturated heterocycles. The van der Waals surface area contributed by atoms with E-state index in [1.165, 1.54) is 11.1 Å². The highest BCUT2D eigenvalue weighted by Gasteiger charge is 2.25. The highest BCUT2D eigenvalue weighted by Crippen LogP contribution is 2.35. The summed E-state index contributed by atoms with van der Waals surface area (Å²) in [6, 6.07) is 14.5. The summed E-state index contributed by atoms with van der Waals surface area (Å²) in [7, 11) is 0. The second-order valence-corrected chi connectivity index (χ2v) is 9.66. The number of piperidine rings is 1. The molecule has 7 nitrogen and oxygen atoms in total. The number of anilines is 1. The Kier molecular flexibility index (Phi) is 6.25. The van der Waals surface area contributed by atoms with Gasteiger partial charge in [-0.05, 0) is 74.9 Å². The molecule has 3 aromatic heterocycles. The molecule has 5 rings (SSSR count). The molecule has 1 aliphatic heterocycles. The zero-order valence-corrected chi connectivity index (χ0v) is 20.1. The van der Waals surface area contributed by atoms with Gasteiger partial charge in [-0.1, -0.05) is 36.3 Å². The number of nitrogens with two attached hydrogens (primary N) is 1. The Balaban J connectivity index is 1.47. The zero-order valence-electron chi connectivity index (χ0n) is 20.1.